The third kappa shape index (κ3) is 1.79. The van der Waals surface area contributed by atoms with Crippen LogP contribution < -0.4 is 0 Å². The molecule has 0 aliphatic heterocycles. The van der Waals surface area contributed by atoms with Crippen molar-refractivity contribution in [2.75, 3.05) is 13.7 Å². The van der Waals surface area contributed by atoms with Crippen LogP contribution in [-0.2, 0) is 4.74 Å². The van der Waals surface area contributed by atoms with Gasteiger partial charge in [-0.05, 0) is 34.6 Å². The summed E-state index contributed by atoms with van der Waals surface area (Å²) in [6.45, 7) is 0.783. The summed E-state index contributed by atoms with van der Waals surface area (Å²) in [6, 6.07) is 0. The average molecular weight is 236 g/mol. The SMILES string of the molecule is COCC1=C(I)C=CC1. The molecule has 0 saturated carbocycles. The lowest BCUT2D eigenvalue weighted by molar-refractivity contribution is 0.224. The quantitative estimate of drug-likeness (QED) is 0.668. The Balaban J connectivity index is 2.51. The highest BCUT2D eigenvalue weighted by Gasteiger charge is 2.04. The van der Waals surface area contributed by atoms with Gasteiger partial charge in [0.2, 0.25) is 0 Å². The van der Waals surface area contributed by atoms with Gasteiger partial charge in [-0.15, -0.1) is 0 Å². The van der Waals surface area contributed by atoms with Gasteiger partial charge in [-0.25, -0.2) is 0 Å². The molecule has 0 aromatic carbocycles. The second-order valence-corrected chi connectivity index (χ2v) is 3.15. The van der Waals surface area contributed by atoms with E-state index in [-0.39, 0.29) is 0 Å². The highest BCUT2D eigenvalue weighted by Crippen LogP contribution is 2.23. The number of ether oxygens (including phenoxy) is 1. The van der Waals surface area contributed by atoms with Crippen molar-refractivity contribution in [2.24, 2.45) is 0 Å². The summed E-state index contributed by atoms with van der Waals surface area (Å²) in [5.41, 5.74) is 1.40. The van der Waals surface area contributed by atoms with Crippen LogP contribution in [0.25, 0.3) is 0 Å². The molecule has 0 N–H and O–H groups in total. The Bertz CT molecular complexity index is 158. The van der Waals surface area contributed by atoms with Gasteiger partial charge in [-0.1, -0.05) is 12.2 Å². The van der Waals surface area contributed by atoms with Crippen LogP contribution >= 0.6 is 22.6 Å². The minimum atomic E-state index is 0.783. The number of rotatable bonds is 2. The fraction of sp³-hybridized carbons (Fsp3) is 0.429. The number of hydrogen-bond acceptors (Lipinski definition) is 1. The van der Waals surface area contributed by atoms with Crippen LogP contribution in [0.1, 0.15) is 6.42 Å². The fourth-order valence-electron chi connectivity index (χ4n) is 0.822. The fourth-order valence-corrected chi connectivity index (χ4v) is 1.45. The minimum Gasteiger partial charge on any atom is -0.380 e. The van der Waals surface area contributed by atoms with Gasteiger partial charge in [0.25, 0.3) is 0 Å². The molecule has 0 fully saturated rings. The monoisotopic (exact) mass is 236 g/mol. The minimum absolute atomic E-state index is 0.783. The van der Waals surface area contributed by atoms with Crippen LogP contribution in [0.3, 0.4) is 0 Å². The molecule has 1 aliphatic rings. The zero-order chi connectivity index (χ0) is 6.69. The van der Waals surface area contributed by atoms with E-state index >= 15 is 0 Å². The average Bonchev–Trinajstić information content (AvgIpc) is 2.18. The molecule has 0 aromatic heterocycles. The molecule has 0 unspecified atom stereocenters. The lowest BCUT2D eigenvalue weighted by atomic mass is 10.2. The van der Waals surface area contributed by atoms with Gasteiger partial charge in [0.05, 0.1) is 6.61 Å². The summed E-state index contributed by atoms with van der Waals surface area (Å²) in [7, 11) is 1.73. The lowest BCUT2D eigenvalue weighted by Gasteiger charge is -1.98. The highest BCUT2D eigenvalue weighted by atomic mass is 127. The van der Waals surface area contributed by atoms with Crippen LogP contribution in [0, 0.1) is 0 Å². The summed E-state index contributed by atoms with van der Waals surface area (Å²) in [6.07, 6.45) is 5.37. The van der Waals surface area contributed by atoms with Crippen molar-refractivity contribution in [3.63, 3.8) is 0 Å². The molecular formula is C7H9IO. The van der Waals surface area contributed by atoms with E-state index in [1.807, 2.05) is 0 Å². The van der Waals surface area contributed by atoms with Gasteiger partial charge >= 0.3 is 0 Å². The maximum Gasteiger partial charge on any atom is 0.0689 e. The first-order chi connectivity index (χ1) is 4.34. The third-order valence-corrected chi connectivity index (χ3v) is 2.41. The second-order valence-electron chi connectivity index (χ2n) is 1.99. The molecule has 0 saturated heterocycles. The molecule has 1 nitrogen and oxygen atoms in total. The molecule has 1 rings (SSSR count). The van der Waals surface area contributed by atoms with Crippen molar-refractivity contribution >= 4 is 22.6 Å². The van der Waals surface area contributed by atoms with E-state index in [0.717, 1.165) is 13.0 Å². The third-order valence-electron chi connectivity index (χ3n) is 1.28. The predicted octanol–water partition coefficient (Wildman–Crippen LogP) is 2.28. The van der Waals surface area contributed by atoms with Gasteiger partial charge in [-0.2, -0.15) is 0 Å². The smallest absolute Gasteiger partial charge is 0.0689 e. The summed E-state index contributed by atoms with van der Waals surface area (Å²) in [5.74, 6) is 0. The molecule has 1 aliphatic carbocycles. The maximum atomic E-state index is 4.99. The number of hydrogen-bond donors (Lipinski definition) is 0. The Hall–Kier alpha value is 0.170. The molecule has 2 heteroatoms. The Morgan fingerprint density at radius 3 is 3.00 bits per heavy atom. The van der Waals surface area contributed by atoms with Gasteiger partial charge in [0.1, 0.15) is 0 Å². The topological polar surface area (TPSA) is 9.23 Å². The molecule has 0 radical (unpaired) electrons. The van der Waals surface area contributed by atoms with Crippen molar-refractivity contribution in [3.8, 4) is 0 Å². The van der Waals surface area contributed by atoms with Crippen LogP contribution in [0.2, 0.25) is 0 Å². The van der Waals surface area contributed by atoms with Crippen LogP contribution in [0.5, 0.6) is 0 Å². The van der Waals surface area contributed by atoms with E-state index in [1.54, 1.807) is 7.11 Å². The summed E-state index contributed by atoms with van der Waals surface area (Å²) < 4.78 is 6.34. The molecule has 0 heterocycles. The molecule has 0 amide bonds. The summed E-state index contributed by atoms with van der Waals surface area (Å²) in [5, 5.41) is 0. The number of allylic oxidation sites excluding steroid dienone is 3. The zero-order valence-electron chi connectivity index (χ0n) is 5.36. The molecular weight excluding hydrogens is 227 g/mol. The largest absolute Gasteiger partial charge is 0.380 e. The summed E-state index contributed by atoms with van der Waals surface area (Å²) >= 11 is 2.33. The van der Waals surface area contributed by atoms with Crippen LogP contribution in [0.15, 0.2) is 21.3 Å². The molecule has 0 atom stereocenters. The Morgan fingerprint density at radius 2 is 2.56 bits per heavy atom. The standard InChI is InChI=1S/C7H9IO/c1-9-5-6-3-2-4-7(6)8/h2,4H,3,5H2,1H3. The molecule has 0 aromatic rings. The first kappa shape index (κ1) is 7.28. The molecule has 50 valence electrons. The molecule has 0 spiro atoms. The van der Waals surface area contributed by atoms with Gasteiger partial charge < -0.3 is 4.74 Å². The zero-order valence-corrected chi connectivity index (χ0v) is 7.51. The first-order valence-corrected chi connectivity index (χ1v) is 3.95. The first-order valence-electron chi connectivity index (χ1n) is 2.87. The van der Waals surface area contributed by atoms with E-state index in [2.05, 4.69) is 34.7 Å². The van der Waals surface area contributed by atoms with Crippen molar-refractivity contribution in [2.45, 2.75) is 6.42 Å². The Kier molecular flexibility index (Phi) is 2.72. The van der Waals surface area contributed by atoms with Gasteiger partial charge in [0, 0.05) is 10.7 Å². The summed E-state index contributed by atoms with van der Waals surface area (Å²) in [4.78, 5) is 0. The highest BCUT2D eigenvalue weighted by molar-refractivity contribution is 14.1. The van der Waals surface area contributed by atoms with E-state index in [4.69, 9.17) is 4.74 Å². The predicted molar refractivity (Wildman–Crippen MR) is 46.7 cm³/mol. The van der Waals surface area contributed by atoms with Gasteiger partial charge in [0.15, 0.2) is 0 Å². The maximum absolute atomic E-state index is 4.99. The van der Waals surface area contributed by atoms with E-state index in [9.17, 15) is 0 Å². The molecule has 0 bridgehead atoms. The van der Waals surface area contributed by atoms with Crippen molar-refractivity contribution in [3.05, 3.63) is 21.3 Å². The van der Waals surface area contributed by atoms with E-state index < -0.39 is 0 Å². The van der Waals surface area contributed by atoms with E-state index in [1.165, 1.54) is 9.15 Å². The Morgan fingerprint density at radius 1 is 1.78 bits per heavy atom. The van der Waals surface area contributed by atoms with Crippen molar-refractivity contribution < 1.29 is 4.74 Å². The van der Waals surface area contributed by atoms with Crippen LogP contribution in [-0.4, -0.2) is 13.7 Å². The number of methoxy groups -OCH3 is 1. The molecule has 9 heavy (non-hydrogen) atoms. The number of halogens is 1. The lowest BCUT2D eigenvalue weighted by Crippen LogP contribution is -1.91. The Labute approximate surface area is 68.9 Å². The van der Waals surface area contributed by atoms with Gasteiger partial charge in [-0.3, -0.25) is 0 Å². The van der Waals surface area contributed by atoms with E-state index in [0.29, 0.717) is 0 Å². The second kappa shape index (κ2) is 3.37. The van der Waals surface area contributed by atoms with Crippen LogP contribution in [0.4, 0.5) is 0 Å². The van der Waals surface area contributed by atoms with Crippen molar-refractivity contribution in [1.82, 2.24) is 0 Å². The van der Waals surface area contributed by atoms with Crippen molar-refractivity contribution in [1.29, 1.82) is 0 Å². The normalized spacial score (nSPS) is 17.6.